The summed E-state index contributed by atoms with van der Waals surface area (Å²) in [5.41, 5.74) is 0.665. The molecular weight excluding hydrogens is 496 g/mol. The number of hydrogen-bond acceptors (Lipinski definition) is 10. The number of ether oxygens (including phenoxy) is 7. The van der Waals surface area contributed by atoms with Gasteiger partial charge in [-0.25, -0.2) is 9.59 Å². The highest BCUT2D eigenvalue weighted by Gasteiger charge is 2.16. The molecule has 0 saturated heterocycles. The molecule has 0 aliphatic rings. The van der Waals surface area contributed by atoms with E-state index in [-0.39, 0.29) is 66.1 Å². The quantitative estimate of drug-likeness (QED) is 0.164. The van der Waals surface area contributed by atoms with E-state index in [0.29, 0.717) is 28.4 Å². The molecule has 2 aromatic carbocycles. The molecule has 0 aromatic heterocycles. The molecule has 208 valence electrons. The van der Waals surface area contributed by atoms with Gasteiger partial charge in [0.15, 0.2) is 11.5 Å². The first-order valence-electron chi connectivity index (χ1n) is 12.2. The summed E-state index contributed by atoms with van der Waals surface area (Å²) >= 11 is 0. The van der Waals surface area contributed by atoms with E-state index in [1.54, 1.807) is 19.9 Å². The minimum Gasteiger partial charge on any atom is -0.490 e. The molecule has 10 nitrogen and oxygen atoms in total. The first-order chi connectivity index (χ1) is 18.3. The summed E-state index contributed by atoms with van der Waals surface area (Å²) in [5.74, 6) is 0.559. The molecule has 2 aromatic rings. The molecule has 0 aliphatic heterocycles. The molecule has 1 N–H and O–H groups in total. The van der Waals surface area contributed by atoms with Crippen LogP contribution in [-0.2, 0) is 28.5 Å². The fourth-order valence-corrected chi connectivity index (χ4v) is 3.07. The van der Waals surface area contributed by atoms with Crippen molar-refractivity contribution in [2.24, 2.45) is 0 Å². The van der Waals surface area contributed by atoms with Gasteiger partial charge in [-0.1, -0.05) is 37.4 Å². The number of aliphatic hydroxyl groups is 1. The maximum atomic E-state index is 11.4. The number of rotatable bonds is 19. The van der Waals surface area contributed by atoms with Gasteiger partial charge in [0, 0.05) is 28.0 Å². The third kappa shape index (κ3) is 10.4. The Bertz CT molecular complexity index is 1080. The van der Waals surface area contributed by atoms with Crippen molar-refractivity contribution in [2.75, 3.05) is 66.1 Å². The van der Waals surface area contributed by atoms with E-state index in [9.17, 15) is 14.7 Å². The highest BCUT2D eigenvalue weighted by atomic mass is 16.6. The minimum absolute atomic E-state index is 0.0741. The molecule has 0 saturated carbocycles. The number of carbonyl (C=O) groups is 2. The number of fused-ring (bicyclic) bond motifs is 1. The predicted octanol–water partition coefficient (Wildman–Crippen LogP) is 3.24. The van der Waals surface area contributed by atoms with Crippen LogP contribution in [0.15, 0.2) is 54.6 Å². The van der Waals surface area contributed by atoms with Crippen LogP contribution >= 0.6 is 0 Å². The molecule has 10 heteroatoms. The van der Waals surface area contributed by atoms with Crippen LogP contribution < -0.4 is 14.2 Å². The predicted molar refractivity (Wildman–Crippen MR) is 141 cm³/mol. The Labute approximate surface area is 222 Å². The lowest BCUT2D eigenvalue weighted by molar-refractivity contribution is -0.141. The average molecular weight is 533 g/mol. The Morgan fingerprint density at radius 3 is 1.74 bits per heavy atom. The molecule has 0 amide bonds. The topological polar surface area (TPSA) is 119 Å². The molecule has 2 rings (SSSR count). The SMILES string of the molecule is C=C(C)C(=O)OCCOCCOc1cc(OCCO)c(OCCOCCOC(=O)C(=C)C)c2ccccc12. The van der Waals surface area contributed by atoms with E-state index in [0.717, 1.165) is 10.8 Å². The number of hydrogen-bond donors (Lipinski definition) is 1. The van der Waals surface area contributed by atoms with Crippen molar-refractivity contribution in [3.8, 4) is 17.2 Å². The van der Waals surface area contributed by atoms with Crippen LogP contribution in [0.4, 0.5) is 0 Å². The Morgan fingerprint density at radius 1 is 0.684 bits per heavy atom. The standard InChI is InChI=1S/C28H36O10/c1-20(2)27(30)37-17-13-32-11-15-35-24-19-25(34-10-9-29)26(23-8-6-5-7-22(23)24)36-16-12-33-14-18-38-28(31)21(3)4/h5-8,19,29H,1,3,9-18H2,2,4H3. The summed E-state index contributed by atoms with van der Waals surface area (Å²) in [6, 6.07) is 9.25. The van der Waals surface area contributed by atoms with Crippen molar-refractivity contribution in [1.82, 2.24) is 0 Å². The van der Waals surface area contributed by atoms with Crippen molar-refractivity contribution in [3.63, 3.8) is 0 Å². The van der Waals surface area contributed by atoms with E-state index in [2.05, 4.69) is 13.2 Å². The maximum absolute atomic E-state index is 11.4. The summed E-state index contributed by atoms with van der Waals surface area (Å²) in [6.45, 7) is 11.8. The lowest BCUT2D eigenvalue weighted by atomic mass is 10.1. The first-order valence-corrected chi connectivity index (χ1v) is 12.2. The molecule has 0 radical (unpaired) electrons. The number of carbonyl (C=O) groups excluding carboxylic acids is 2. The Morgan fingerprint density at radius 2 is 1.18 bits per heavy atom. The number of benzene rings is 2. The third-order valence-corrected chi connectivity index (χ3v) is 4.85. The molecule has 38 heavy (non-hydrogen) atoms. The lowest BCUT2D eigenvalue weighted by Gasteiger charge is -2.18. The molecule has 0 aliphatic carbocycles. The Kier molecular flexibility index (Phi) is 13.7. The zero-order valence-electron chi connectivity index (χ0n) is 22.0. The third-order valence-electron chi connectivity index (χ3n) is 4.85. The smallest absolute Gasteiger partial charge is 0.333 e. The van der Waals surface area contributed by atoms with Crippen LogP contribution in [0.2, 0.25) is 0 Å². The van der Waals surface area contributed by atoms with Gasteiger partial charge in [0.1, 0.15) is 38.8 Å². The molecule has 0 bridgehead atoms. The average Bonchev–Trinajstić information content (AvgIpc) is 2.91. The summed E-state index contributed by atoms with van der Waals surface area (Å²) < 4.78 is 38.6. The second-order valence-electron chi connectivity index (χ2n) is 8.07. The second kappa shape index (κ2) is 17.0. The van der Waals surface area contributed by atoms with Gasteiger partial charge in [-0.3, -0.25) is 0 Å². The van der Waals surface area contributed by atoms with E-state index in [1.807, 2.05) is 24.3 Å². The van der Waals surface area contributed by atoms with E-state index < -0.39 is 11.9 Å². The van der Waals surface area contributed by atoms with E-state index >= 15 is 0 Å². The van der Waals surface area contributed by atoms with Crippen LogP contribution in [0.25, 0.3) is 10.8 Å². The molecule has 0 spiro atoms. The lowest BCUT2D eigenvalue weighted by Crippen LogP contribution is -2.15. The van der Waals surface area contributed by atoms with Gasteiger partial charge in [0.25, 0.3) is 0 Å². The van der Waals surface area contributed by atoms with Gasteiger partial charge in [-0.05, 0) is 13.8 Å². The van der Waals surface area contributed by atoms with Crippen molar-refractivity contribution in [3.05, 3.63) is 54.6 Å². The van der Waals surface area contributed by atoms with Gasteiger partial charge >= 0.3 is 11.9 Å². The zero-order valence-corrected chi connectivity index (χ0v) is 22.0. The molecule has 0 unspecified atom stereocenters. The first kappa shape index (κ1) is 30.6. The number of aliphatic hydroxyl groups excluding tert-OH is 1. The van der Waals surface area contributed by atoms with Gasteiger partial charge in [-0.15, -0.1) is 0 Å². The Hall–Kier alpha value is -3.60. The zero-order chi connectivity index (χ0) is 27.8. The maximum Gasteiger partial charge on any atom is 0.333 e. The van der Waals surface area contributed by atoms with Crippen LogP contribution in [0.3, 0.4) is 0 Å². The normalized spacial score (nSPS) is 10.6. The fraction of sp³-hybridized carbons (Fsp3) is 0.429. The van der Waals surface area contributed by atoms with Crippen molar-refractivity contribution in [1.29, 1.82) is 0 Å². The van der Waals surface area contributed by atoms with Gasteiger partial charge in [-0.2, -0.15) is 0 Å². The second-order valence-corrected chi connectivity index (χ2v) is 8.07. The summed E-state index contributed by atoms with van der Waals surface area (Å²) in [6.07, 6.45) is 0. The molecule has 0 heterocycles. The van der Waals surface area contributed by atoms with E-state index in [4.69, 9.17) is 33.2 Å². The highest BCUT2D eigenvalue weighted by Crippen LogP contribution is 2.41. The van der Waals surface area contributed by atoms with Crippen LogP contribution in [0.1, 0.15) is 13.8 Å². The van der Waals surface area contributed by atoms with Gasteiger partial charge < -0.3 is 38.3 Å². The fourth-order valence-electron chi connectivity index (χ4n) is 3.07. The summed E-state index contributed by atoms with van der Waals surface area (Å²) in [4.78, 5) is 22.8. The van der Waals surface area contributed by atoms with Crippen molar-refractivity contribution in [2.45, 2.75) is 13.8 Å². The van der Waals surface area contributed by atoms with Gasteiger partial charge in [0.05, 0.1) is 33.0 Å². The minimum atomic E-state index is -0.458. The highest BCUT2D eigenvalue weighted by molar-refractivity contribution is 5.95. The van der Waals surface area contributed by atoms with Crippen LogP contribution in [0, 0.1) is 0 Å². The number of esters is 2. The van der Waals surface area contributed by atoms with E-state index in [1.165, 1.54) is 0 Å². The van der Waals surface area contributed by atoms with Crippen molar-refractivity contribution >= 4 is 22.7 Å². The monoisotopic (exact) mass is 532 g/mol. The molecule has 0 atom stereocenters. The van der Waals surface area contributed by atoms with Gasteiger partial charge in [0.2, 0.25) is 0 Å². The molecular formula is C28H36O10. The Balaban J connectivity index is 1.95. The van der Waals surface area contributed by atoms with Crippen molar-refractivity contribution < 1.29 is 47.9 Å². The van der Waals surface area contributed by atoms with Crippen LogP contribution in [-0.4, -0.2) is 83.1 Å². The summed E-state index contributed by atoms with van der Waals surface area (Å²) in [5, 5.41) is 10.8. The largest absolute Gasteiger partial charge is 0.490 e. The molecule has 0 fully saturated rings. The summed E-state index contributed by atoms with van der Waals surface area (Å²) in [7, 11) is 0. The van der Waals surface area contributed by atoms with Crippen LogP contribution in [0.5, 0.6) is 17.2 Å².